The van der Waals surface area contributed by atoms with Gasteiger partial charge in [0.15, 0.2) is 5.75 Å². The summed E-state index contributed by atoms with van der Waals surface area (Å²) in [5, 5.41) is 17.5. The Kier molecular flexibility index (Phi) is 4.42. The van der Waals surface area contributed by atoms with E-state index in [1.54, 1.807) is 0 Å². The second kappa shape index (κ2) is 5.83. The molecule has 0 saturated carbocycles. The van der Waals surface area contributed by atoms with Crippen molar-refractivity contribution in [3.63, 3.8) is 0 Å². The molecule has 1 heterocycles. The highest BCUT2D eigenvalue weighted by Crippen LogP contribution is 2.09. The number of hydrogen-bond donors (Lipinski definition) is 3. The summed E-state index contributed by atoms with van der Waals surface area (Å²) in [6, 6.07) is -0.00989. The maximum atomic E-state index is 10.4. The molecular formula is C8H11N3O5. The number of aliphatic hydroxyl groups excluding tert-OH is 2. The first-order chi connectivity index (χ1) is 7.61. The molecule has 0 aliphatic rings. The lowest BCUT2D eigenvalue weighted by atomic mass is 10.4. The van der Waals surface area contributed by atoms with Gasteiger partial charge in [-0.15, -0.1) is 0 Å². The van der Waals surface area contributed by atoms with E-state index in [4.69, 9.17) is 20.7 Å². The van der Waals surface area contributed by atoms with Gasteiger partial charge in [-0.25, -0.2) is 4.79 Å². The maximum Gasteiger partial charge on any atom is 0.410 e. The summed E-state index contributed by atoms with van der Waals surface area (Å²) in [6.07, 6.45) is 0.426. The summed E-state index contributed by atoms with van der Waals surface area (Å²) in [6.45, 7) is -0.546. The number of ether oxygens (including phenoxy) is 2. The quantitative estimate of drug-likeness (QED) is 0.570. The first-order valence-electron chi connectivity index (χ1n) is 4.33. The minimum Gasteiger partial charge on any atom is -0.461 e. The van der Waals surface area contributed by atoms with Crippen molar-refractivity contribution in [1.29, 1.82) is 0 Å². The van der Waals surface area contributed by atoms with E-state index in [2.05, 4.69) is 14.7 Å². The minimum absolute atomic E-state index is 0.00989. The van der Waals surface area contributed by atoms with E-state index in [9.17, 15) is 4.79 Å². The van der Waals surface area contributed by atoms with E-state index < -0.39 is 18.8 Å². The van der Waals surface area contributed by atoms with E-state index in [0.29, 0.717) is 0 Å². The number of primary amides is 1. The van der Waals surface area contributed by atoms with Crippen LogP contribution < -0.4 is 15.2 Å². The molecule has 0 bridgehead atoms. The zero-order valence-electron chi connectivity index (χ0n) is 8.24. The van der Waals surface area contributed by atoms with Crippen molar-refractivity contribution in [2.75, 3.05) is 13.2 Å². The number of aromatic nitrogens is 2. The van der Waals surface area contributed by atoms with Crippen LogP contribution in [0.2, 0.25) is 0 Å². The third kappa shape index (κ3) is 4.07. The molecule has 1 rings (SSSR count). The molecule has 8 nitrogen and oxygen atoms in total. The number of carbonyl (C=O) groups excluding carboxylic acids is 1. The Hall–Kier alpha value is -1.93. The Morgan fingerprint density at radius 2 is 2.12 bits per heavy atom. The highest BCUT2D eigenvalue weighted by Gasteiger charge is 2.05. The summed E-state index contributed by atoms with van der Waals surface area (Å²) >= 11 is 0. The van der Waals surface area contributed by atoms with E-state index in [0.717, 1.165) is 0 Å². The van der Waals surface area contributed by atoms with E-state index in [1.165, 1.54) is 12.4 Å². The lowest BCUT2D eigenvalue weighted by Gasteiger charge is -2.07. The monoisotopic (exact) mass is 229 g/mol. The highest BCUT2D eigenvalue weighted by molar-refractivity contribution is 5.67. The maximum absolute atomic E-state index is 10.4. The van der Waals surface area contributed by atoms with Crippen LogP contribution in [-0.2, 0) is 0 Å². The van der Waals surface area contributed by atoms with Gasteiger partial charge in [0, 0.05) is 0 Å². The van der Waals surface area contributed by atoms with Crippen molar-refractivity contribution in [1.82, 2.24) is 9.97 Å². The lowest BCUT2D eigenvalue weighted by molar-refractivity contribution is 0.0504. The second-order valence-electron chi connectivity index (χ2n) is 2.77. The molecule has 0 saturated heterocycles. The van der Waals surface area contributed by atoms with Crippen LogP contribution in [0.15, 0.2) is 12.4 Å². The Labute approximate surface area is 90.6 Å². The molecule has 1 aromatic heterocycles. The average Bonchev–Trinajstić information content (AvgIpc) is 2.27. The lowest BCUT2D eigenvalue weighted by Crippen LogP contribution is -2.22. The number of rotatable bonds is 5. The summed E-state index contributed by atoms with van der Waals surface area (Å²) in [5.74, 6) is 0.0857. The minimum atomic E-state index is -0.995. The molecule has 88 valence electrons. The van der Waals surface area contributed by atoms with Crippen LogP contribution >= 0.6 is 0 Å². The Balaban J connectivity index is 2.48. The van der Waals surface area contributed by atoms with Gasteiger partial charge >= 0.3 is 12.1 Å². The van der Waals surface area contributed by atoms with E-state index in [-0.39, 0.29) is 18.4 Å². The van der Waals surface area contributed by atoms with Crippen LogP contribution in [0.3, 0.4) is 0 Å². The molecule has 0 radical (unpaired) electrons. The molecule has 8 heteroatoms. The average molecular weight is 229 g/mol. The molecule has 16 heavy (non-hydrogen) atoms. The number of nitrogens with zero attached hydrogens (tertiary/aromatic N) is 2. The highest BCUT2D eigenvalue weighted by atomic mass is 16.5. The van der Waals surface area contributed by atoms with Crippen molar-refractivity contribution in [3.05, 3.63) is 12.4 Å². The fraction of sp³-hybridized carbons (Fsp3) is 0.375. The van der Waals surface area contributed by atoms with Crippen molar-refractivity contribution >= 4 is 6.09 Å². The van der Waals surface area contributed by atoms with E-state index >= 15 is 0 Å². The molecule has 1 atom stereocenters. The van der Waals surface area contributed by atoms with Crippen molar-refractivity contribution in [2.45, 2.75) is 6.10 Å². The molecule has 4 N–H and O–H groups in total. The summed E-state index contributed by atoms with van der Waals surface area (Å²) in [4.78, 5) is 17.7. The molecule has 0 unspecified atom stereocenters. The second-order valence-corrected chi connectivity index (χ2v) is 2.77. The van der Waals surface area contributed by atoms with E-state index in [1.807, 2.05) is 0 Å². The fourth-order valence-corrected chi connectivity index (χ4v) is 0.771. The first kappa shape index (κ1) is 12.1. The van der Waals surface area contributed by atoms with Gasteiger partial charge in [-0.1, -0.05) is 0 Å². The molecule has 1 aromatic rings. The Morgan fingerprint density at radius 3 is 2.62 bits per heavy atom. The summed E-state index contributed by atoms with van der Waals surface area (Å²) in [5.41, 5.74) is 4.77. The number of amides is 1. The first-order valence-corrected chi connectivity index (χ1v) is 4.33. The van der Waals surface area contributed by atoms with Crippen molar-refractivity contribution in [3.8, 4) is 11.8 Å². The molecule has 0 aliphatic carbocycles. The zero-order valence-corrected chi connectivity index (χ0v) is 8.24. The number of carbonyl (C=O) groups is 1. The van der Waals surface area contributed by atoms with Crippen LogP contribution in [-0.4, -0.2) is 45.6 Å². The standard InChI is InChI=1S/C8H11N3O5/c9-7(14)16-6-1-10-8(11-2-6)15-4-5(13)3-12/h1-2,5,12-13H,3-4H2,(H2,9,14)/t5-/m1/s1. The summed E-state index contributed by atoms with van der Waals surface area (Å²) in [7, 11) is 0. The topological polar surface area (TPSA) is 128 Å². The van der Waals surface area contributed by atoms with Gasteiger partial charge in [0.05, 0.1) is 19.0 Å². The van der Waals surface area contributed by atoms with Crippen LogP contribution in [0.4, 0.5) is 4.79 Å². The Bertz CT molecular complexity index is 342. The smallest absolute Gasteiger partial charge is 0.410 e. The van der Waals surface area contributed by atoms with Gasteiger partial charge in [-0.05, 0) is 0 Å². The molecule has 0 spiro atoms. The Morgan fingerprint density at radius 1 is 1.50 bits per heavy atom. The van der Waals surface area contributed by atoms with Gasteiger partial charge < -0.3 is 25.4 Å². The van der Waals surface area contributed by atoms with Crippen molar-refractivity contribution < 1.29 is 24.5 Å². The molecule has 0 aliphatic heterocycles. The SMILES string of the molecule is NC(=O)Oc1cnc(OC[C@H](O)CO)nc1. The van der Waals surface area contributed by atoms with Gasteiger partial charge in [0.2, 0.25) is 0 Å². The molecule has 0 aromatic carbocycles. The van der Waals surface area contributed by atoms with Crippen LogP contribution in [0, 0.1) is 0 Å². The van der Waals surface area contributed by atoms with Crippen molar-refractivity contribution in [2.24, 2.45) is 5.73 Å². The van der Waals surface area contributed by atoms with Gasteiger partial charge in [0.25, 0.3) is 0 Å². The largest absolute Gasteiger partial charge is 0.461 e. The van der Waals surface area contributed by atoms with Gasteiger partial charge in [0.1, 0.15) is 12.7 Å². The van der Waals surface area contributed by atoms with Crippen LogP contribution in [0.5, 0.6) is 11.8 Å². The predicted octanol–water partition coefficient (Wildman–Crippen LogP) is -1.33. The zero-order chi connectivity index (χ0) is 12.0. The molecular weight excluding hydrogens is 218 g/mol. The van der Waals surface area contributed by atoms with Gasteiger partial charge in [-0.2, -0.15) is 9.97 Å². The molecule has 1 amide bonds. The summed E-state index contributed by atoms with van der Waals surface area (Å²) < 4.78 is 9.40. The normalized spacial score (nSPS) is 11.9. The van der Waals surface area contributed by atoms with Gasteiger partial charge in [-0.3, -0.25) is 0 Å². The number of nitrogens with two attached hydrogens (primary N) is 1. The number of hydrogen-bond acceptors (Lipinski definition) is 7. The van der Waals surface area contributed by atoms with Crippen LogP contribution in [0.1, 0.15) is 0 Å². The predicted molar refractivity (Wildman–Crippen MR) is 50.8 cm³/mol. The fourth-order valence-electron chi connectivity index (χ4n) is 0.771. The van der Waals surface area contributed by atoms with Crippen LogP contribution in [0.25, 0.3) is 0 Å². The molecule has 0 fully saturated rings. The third-order valence-electron chi connectivity index (χ3n) is 1.44. The third-order valence-corrected chi connectivity index (χ3v) is 1.44. The number of aliphatic hydroxyl groups is 2.